The second-order valence-corrected chi connectivity index (χ2v) is 5.62. The average molecular weight is 305 g/mol. The van der Waals surface area contributed by atoms with Gasteiger partial charge in [0.25, 0.3) is 0 Å². The molecule has 0 aromatic heterocycles. The minimum Gasteiger partial charge on any atom is -0.480 e. The van der Waals surface area contributed by atoms with E-state index in [0.29, 0.717) is 11.3 Å². The number of hydrogen-bond donors (Lipinski definition) is 2. The first-order valence-electron chi connectivity index (χ1n) is 6.45. The molecule has 5 heteroatoms. The molecule has 0 bridgehead atoms. The van der Waals surface area contributed by atoms with E-state index in [-0.39, 0.29) is 5.82 Å². The van der Waals surface area contributed by atoms with E-state index in [1.54, 1.807) is 31.3 Å². The zero-order chi connectivity index (χ0) is 15.3. The van der Waals surface area contributed by atoms with Gasteiger partial charge in [-0.25, -0.2) is 9.18 Å². The number of carboxylic acids is 1. The van der Waals surface area contributed by atoms with E-state index in [1.165, 1.54) is 23.9 Å². The minimum atomic E-state index is -1.18. The molecule has 2 aromatic carbocycles. The third-order valence-corrected chi connectivity index (χ3v) is 4.51. The van der Waals surface area contributed by atoms with E-state index in [4.69, 9.17) is 0 Å². The fourth-order valence-corrected chi connectivity index (χ4v) is 3.18. The van der Waals surface area contributed by atoms with Crippen LogP contribution in [0.4, 0.5) is 4.39 Å². The van der Waals surface area contributed by atoms with E-state index in [9.17, 15) is 14.3 Å². The van der Waals surface area contributed by atoms with Gasteiger partial charge < -0.3 is 10.4 Å². The highest BCUT2D eigenvalue weighted by molar-refractivity contribution is 7.99. The maximum absolute atomic E-state index is 12.9. The lowest BCUT2D eigenvalue weighted by Crippen LogP contribution is -2.49. The molecule has 0 saturated carbocycles. The third-order valence-electron chi connectivity index (χ3n) is 3.33. The maximum atomic E-state index is 12.9. The van der Waals surface area contributed by atoms with Gasteiger partial charge >= 0.3 is 5.97 Å². The normalized spacial score (nSPS) is 13.6. The van der Waals surface area contributed by atoms with Crippen LogP contribution < -0.4 is 5.32 Å². The van der Waals surface area contributed by atoms with Gasteiger partial charge in [-0.15, -0.1) is 11.8 Å². The molecule has 2 N–H and O–H groups in total. The number of carbonyl (C=O) groups is 1. The van der Waals surface area contributed by atoms with Crippen LogP contribution in [-0.2, 0) is 10.3 Å². The van der Waals surface area contributed by atoms with Gasteiger partial charge in [0.2, 0.25) is 0 Å². The van der Waals surface area contributed by atoms with Crippen LogP contribution in [0.5, 0.6) is 0 Å². The largest absolute Gasteiger partial charge is 0.480 e. The van der Waals surface area contributed by atoms with Gasteiger partial charge in [0.1, 0.15) is 5.82 Å². The molecule has 0 amide bonds. The average Bonchev–Trinajstić information content (AvgIpc) is 2.51. The van der Waals surface area contributed by atoms with Gasteiger partial charge in [0.05, 0.1) is 0 Å². The Kier molecular flexibility index (Phi) is 4.98. The Bertz CT molecular complexity index is 603. The van der Waals surface area contributed by atoms with Gasteiger partial charge in [-0.05, 0) is 36.9 Å². The SMILES string of the molecule is CNC(CSc1ccc(F)cc1)(C(=O)O)c1ccccc1. The molecule has 1 unspecified atom stereocenters. The number of aliphatic carboxylic acids is 1. The van der Waals surface area contributed by atoms with Crippen molar-refractivity contribution in [3.05, 3.63) is 66.0 Å². The summed E-state index contributed by atoms with van der Waals surface area (Å²) in [4.78, 5) is 12.6. The molecule has 110 valence electrons. The zero-order valence-corrected chi connectivity index (χ0v) is 12.4. The third kappa shape index (κ3) is 3.43. The second kappa shape index (κ2) is 6.74. The van der Waals surface area contributed by atoms with E-state index in [2.05, 4.69) is 5.32 Å². The Balaban J connectivity index is 2.25. The molecular formula is C16H16FNO2S. The van der Waals surface area contributed by atoms with Crippen LogP contribution in [0.3, 0.4) is 0 Å². The quantitative estimate of drug-likeness (QED) is 0.805. The minimum absolute atomic E-state index is 0.300. The van der Waals surface area contributed by atoms with Crippen LogP contribution in [0.25, 0.3) is 0 Å². The van der Waals surface area contributed by atoms with E-state index < -0.39 is 11.5 Å². The summed E-state index contributed by atoms with van der Waals surface area (Å²) in [5.74, 6) is -0.944. The number of nitrogens with one attached hydrogen (secondary N) is 1. The lowest BCUT2D eigenvalue weighted by atomic mass is 9.92. The van der Waals surface area contributed by atoms with Crippen LogP contribution >= 0.6 is 11.8 Å². The van der Waals surface area contributed by atoms with Crippen LogP contribution in [0.2, 0.25) is 0 Å². The summed E-state index contributed by atoms with van der Waals surface area (Å²) in [6.45, 7) is 0. The van der Waals surface area contributed by atoms with Crippen LogP contribution in [-0.4, -0.2) is 23.9 Å². The van der Waals surface area contributed by atoms with Gasteiger partial charge in [-0.3, -0.25) is 0 Å². The lowest BCUT2D eigenvalue weighted by Gasteiger charge is -2.29. The van der Waals surface area contributed by atoms with E-state index in [1.807, 2.05) is 18.2 Å². The first-order chi connectivity index (χ1) is 10.1. The van der Waals surface area contributed by atoms with Crippen molar-refractivity contribution >= 4 is 17.7 Å². The van der Waals surface area contributed by atoms with Crippen molar-refractivity contribution in [2.24, 2.45) is 0 Å². The Morgan fingerprint density at radius 3 is 2.33 bits per heavy atom. The summed E-state index contributed by atoms with van der Waals surface area (Å²) >= 11 is 1.37. The predicted octanol–water partition coefficient (Wildman–Crippen LogP) is 3.12. The first-order valence-corrected chi connectivity index (χ1v) is 7.43. The molecule has 0 aliphatic rings. The molecule has 2 aromatic rings. The molecule has 0 heterocycles. The molecular weight excluding hydrogens is 289 g/mol. The van der Waals surface area contributed by atoms with Crippen LogP contribution in [0, 0.1) is 5.82 Å². The molecule has 2 rings (SSSR count). The zero-order valence-electron chi connectivity index (χ0n) is 11.5. The van der Waals surface area contributed by atoms with E-state index in [0.717, 1.165) is 4.90 Å². The van der Waals surface area contributed by atoms with Gasteiger partial charge in [0, 0.05) is 10.6 Å². The molecule has 0 radical (unpaired) electrons. The van der Waals surface area contributed by atoms with Crippen LogP contribution in [0.15, 0.2) is 59.5 Å². The standard InChI is InChI=1S/C16H16FNO2S/c1-18-16(15(19)20,12-5-3-2-4-6-12)11-21-14-9-7-13(17)8-10-14/h2-10,18H,11H2,1H3,(H,19,20). The van der Waals surface area contributed by atoms with E-state index >= 15 is 0 Å². The molecule has 0 fully saturated rings. The number of halogens is 1. The summed E-state index contributed by atoms with van der Waals surface area (Å²) < 4.78 is 12.9. The fourth-order valence-electron chi connectivity index (χ4n) is 2.04. The van der Waals surface area contributed by atoms with Crippen molar-refractivity contribution in [2.75, 3.05) is 12.8 Å². The molecule has 0 aliphatic heterocycles. The number of thioether (sulfide) groups is 1. The topological polar surface area (TPSA) is 49.3 Å². The molecule has 0 saturated heterocycles. The van der Waals surface area contributed by atoms with Crippen molar-refractivity contribution in [1.82, 2.24) is 5.32 Å². The first kappa shape index (κ1) is 15.5. The summed E-state index contributed by atoms with van der Waals surface area (Å²) in [5.41, 5.74) is -0.491. The van der Waals surface area contributed by atoms with Gasteiger partial charge in [-0.1, -0.05) is 30.3 Å². The van der Waals surface area contributed by atoms with Gasteiger partial charge in [0.15, 0.2) is 5.54 Å². The lowest BCUT2D eigenvalue weighted by molar-refractivity contribution is -0.144. The Labute approximate surface area is 127 Å². The highest BCUT2D eigenvalue weighted by Gasteiger charge is 2.38. The summed E-state index contributed by atoms with van der Waals surface area (Å²) in [5, 5.41) is 12.6. The van der Waals surface area contributed by atoms with Crippen molar-refractivity contribution in [3.8, 4) is 0 Å². The number of likely N-dealkylation sites (N-methyl/N-ethyl adjacent to an activating group) is 1. The molecule has 0 aliphatic carbocycles. The number of hydrogen-bond acceptors (Lipinski definition) is 3. The predicted molar refractivity (Wildman–Crippen MR) is 81.9 cm³/mol. The smallest absolute Gasteiger partial charge is 0.329 e. The molecule has 1 atom stereocenters. The van der Waals surface area contributed by atoms with Gasteiger partial charge in [-0.2, -0.15) is 0 Å². The molecule has 21 heavy (non-hydrogen) atoms. The Hall–Kier alpha value is -1.85. The monoisotopic (exact) mass is 305 g/mol. The number of benzene rings is 2. The Morgan fingerprint density at radius 1 is 1.19 bits per heavy atom. The van der Waals surface area contributed by atoms with Crippen molar-refractivity contribution in [1.29, 1.82) is 0 Å². The molecule has 0 spiro atoms. The van der Waals surface area contributed by atoms with Crippen molar-refractivity contribution in [3.63, 3.8) is 0 Å². The highest BCUT2D eigenvalue weighted by atomic mass is 32.2. The van der Waals surface area contributed by atoms with Crippen molar-refractivity contribution < 1.29 is 14.3 Å². The number of carboxylic acid groups (broad SMARTS) is 1. The fraction of sp³-hybridized carbons (Fsp3) is 0.188. The maximum Gasteiger partial charge on any atom is 0.329 e. The molecule has 3 nitrogen and oxygen atoms in total. The second-order valence-electron chi connectivity index (χ2n) is 4.57. The van der Waals surface area contributed by atoms with Crippen molar-refractivity contribution in [2.45, 2.75) is 10.4 Å². The Morgan fingerprint density at radius 2 is 1.81 bits per heavy atom. The summed E-state index contributed by atoms with van der Waals surface area (Å²) in [6, 6.07) is 15.1. The highest BCUT2D eigenvalue weighted by Crippen LogP contribution is 2.30. The van der Waals surface area contributed by atoms with Crippen LogP contribution in [0.1, 0.15) is 5.56 Å². The number of rotatable bonds is 6. The summed E-state index contributed by atoms with van der Waals surface area (Å²) in [7, 11) is 1.63. The summed E-state index contributed by atoms with van der Waals surface area (Å²) in [6.07, 6.45) is 0.